The zero-order chi connectivity index (χ0) is 44.7. The van der Waals surface area contributed by atoms with Crippen molar-refractivity contribution in [3.8, 4) is 0 Å². The average Bonchev–Trinajstić information content (AvgIpc) is 3.21. The molecule has 330 valence electrons. The normalized spacial score (nSPS) is 32.3. The molecule has 3 aliphatic carbocycles. The molecule has 15 nitrogen and oxygen atoms in total. The third-order valence-electron chi connectivity index (χ3n) is 13.5. The molecular weight excluding hydrogens is 790 g/mol. The number of nitrogens with one attached hydrogen (secondary N) is 1. The summed E-state index contributed by atoms with van der Waals surface area (Å²) >= 11 is 0. The van der Waals surface area contributed by atoms with E-state index in [-0.39, 0.29) is 36.2 Å². The smallest absolute Gasteiger partial charge is 0.338 e. The summed E-state index contributed by atoms with van der Waals surface area (Å²) in [5.41, 5.74) is -7.12. The van der Waals surface area contributed by atoms with E-state index < -0.39 is 113 Å². The number of hydrogen-bond acceptors (Lipinski definition) is 14. The summed E-state index contributed by atoms with van der Waals surface area (Å²) in [6.45, 7) is 10.0. The quantitative estimate of drug-likeness (QED) is 0.0969. The Balaban J connectivity index is 1.52. The van der Waals surface area contributed by atoms with Crippen LogP contribution in [0.2, 0.25) is 0 Å². The van der Waals surface area contributed by atoms with Gasteiger partial charge in [0.25, 0.3) is 0 Å². The van der Waals surface area contributed by atoms with Gasteiger partial charge in [0.15, 0.2) is 23.6 Å². The zero-order valence-corrected chi connectivity index (χ0v) is 35.7. The van der Waals surface area contributed by atoms with Crippen molar-refractivity contribution in [1.82, 2.24) is 5.32 Å². The fourth-order valence-corrected chi connectivity index (χ4v) is 10.1. The SMILES string of the molecule is CCCCCC(=O)NC(c1ccccc1)[C@@H](O)C(=O)O[C@H]1C[C@@]2(O)[C@@H](OC(=O)c3ccccc3)[C@@H]3[C@]4(OC(C)=O)CO[C@@H]4C[C@@H](O)[C@@]3(C)C(=O)[C@H](OC(C)=O)C(=C1C)C2(C)C. The van der Waals surface area contributed by atoms with Crippen molar-refractivity contribution in [2.45, 2.75) is 141 Å². The van der Waals surface area contributed by atoms with Gasteiger partial charge < -0.3 is 44.3 Å². The van der Waals surface area contributed by atoms with Crippen LogP contribution in [0.25, 0.3) is 0 Å². The lowest BCUT2D eigenvalue weighted by atomic mass is 9.44. The second-order valence-electron chi connectivity index (χ2n) is 17.5. The first kappa shape index (κ1) is 45.6. The molecule has 11 atom stereocenters. The molecule has 15 heteroatoms. The third kappa shape index (κ3) is 8.01. The number of esters is 4. The van der Waals surface area contributed by atoms with Gasteiger partial charge in [-0.2, -0.15) is 0 Å². The van der Waals surface area contributed by atoms with Crippen LogP contribution in [0.1, 0.15) is 109 Å². The number of aliphatic hydroxyl groups is 3. The average molecular weight is 848 g/mol. The van der Waals surface area contributed by atoms with E-state index in [2.05, 4.69) is 5.32 Å². The summed E-state index contributed by atoms with van der Waals surface area (Å²) in [4.78, 5) is 83.0. The number of aliphatic hydroxyl groups excluding tert-OH is 2. The van der Waals surface area contributed by atoms with Crippen LogP contribution in [-0.4, -0.2) is 105 Å². The molecule has 1 unspecified atom stereocenters. The molecule has 61 heavy (non-hydrogen) atoms. The highest BCUT2D eigenvalue weighted by atomic mass is 16.6. The van der Waals surface area contributed by atoms with Crippen LogP contribution in [0.5, 0.6) is 0 Å². The minimum absolute atomic E-state index is 0.0127. The van der Waals surface area contributed by atoms with Crippen molar-refractivity contribution < 1.29 is 67.8 Å². The highest BCUT2D eigenvalue weighted by Crippen LogP contribution is 2.64. The number of ether oxygens (including phenoxy) is 5. The van der Waals surface area contributed by atoms with Gasteiger partial charge in [-0.05, 0) is 49.1 Å². The molecule has 1 aliphatic heterocycles. The van der Waals surface area contributed by atoms with E-state index >= 15 is 4.79 Å². The summed E-state index contributed by atoms with van der Waals surface area (Å²) in [6.07, 6.45) is -7.92. The van der Waals surface area contributed by atoms with E-state index in [1.54, 1.807) is 62.4 Å². The molecule has 2 bridgehead atoms. The maximum Gasteiger partial charge on any atom is 0.338 e. The van der Waals surface area contributed by atoms with E-state index in [0.29, 0.717) is 12.0 Å². The minimum atomic E-state index is -2.37. The fraction of sp³-hybridized carbons (Fsp3) is 0.565. The first-order valence-corrected chi connectivity index (χ1v) is 20.9. The lowest BCUT2D eigenvalue weighted by molar-refractivity contribution is -0.346. The lowest BCUT2D eigenvalue weighted by Gasteiger charge is -2.67. The topological polar surface area (TPSA) is 221 Å². The van der Waals surface area contributed by atoms with Crippen LogP contribution in [0.4, 0.5) is 0 Å². The van der Waals surface area contributed by atoms with E-state index in [9.17, 15) is 39.3 Å². The molecule has 2 aromatic carbocycles. The first-order chi connectivity index (χ1) is 28.7. The van der Waals surface area contributed by atoms with E-state index in [0.717, 1.165) is 26.7 Å². The third-order valence-corrected chi connectivity index (χ3v) is 13.5. The van der Waals surface area contributed by atoms with Crippen LogP contribution in [0, 0.1) is 16.7 Å². The van der Waals surface area contributed by atoms with E-state index in [1.165, 1.54) is 26.0 Å². The van der Waals surface area contributed by atoms with E-state index in [4.69, 9.17) is 23.7 Å². The number of carbonyl (C=O) groups is 6. The Morgan fingerprint density at radius 2 is 1.56 bits per heavy atom. The maximum absolute atomic E-state index is 15.5. The predicted molar refractivity (Wildman–Crippen MR) is 216 cm³/mol. The standard InChI is InChI=1S/C46H57NO14/c1-8-9-12-21-33(51)47-35(28-17-13-10-14-18-28)36(52)42(55)59-30-23-46(56)40(60-41(54)29-19-15-11-16-20-29)38-44(7,31(50)22-32-45(38,24-57-32)61-27(4)49)39(53)37(58-26(3)48)34(25(30)2)43(46,5)6/h10-11,13-20,30-32,35-38,40,50,52,56H,8-9,12,21-24H2,1-7H3,(H,47,51)/t30-,31+,32+,35?,36+,37+,38-,40-,44+,45-,46+/m0/s1. The fourth-order valence-electron chi connectivity index (χ4n) is 10.1. The van der Waals surface area contributed by atoms with Crippen LogP contribution < -0.4 is 5.32 Å². The summed E-state index contributed by atoms with van der Waals surface area (Å²) in [5.74, 6) is -6.55. The van der Waals surface area contributed by atoms with Crippen LogP contribution in [-0.2, 0) is 47.7 Å². The van der Waals surface area contributed by atoms with E-state index in [1.807, 2.05) is 6.92 Å². The predicted octanol–water partition coefficient (Wildman–Crippen LogP) is 4.00. The van der Waals surface area contributed by atoms with Crippen LogP contribution in [0.3, 0.4) is 0 Å². The Kier molecular flexibility index (Phi) is 13.0. The Labute approximate surface area is 355 Å². The van der Waals surface area contributed by atoms with Crippen molar-refractivity contribution in [2.24, 2.45) is 16.7 Å². The maximum atomic E-state index is 15.5. The highest BCUT2D eigenvalue weighted by molar-refractivity contribution is 5.95. The Hall–Kier alpha value is -4.96. The van der Waals surface area contributed by atoms with Crippen molar-refractivity contribution >= 4 is 35.6 Å². The molecule has 4 N–H and O–H groups in total. The Morgan fingerprint density at radius 1 is 0.918 bits per heavy atom. The molecular formula is C46H57NO14. The monoisotopic (exact) mass is 847 g/mol. The number of rotatable bonds is 13. The molecule has 1 saturated heterocycles. The Bertz CT molecular complexity index is 2050. The van der Waals surface area contributed by atoms with Gasteiger partial charge in [-0.3, -0.25) is 19.2 Å². The zero-order valence-electron chi connectivity index (χ0n) is 35.7. The molecule has 0 spiro atoms. The number of fused-ring (bicyclic) bond motifs is 5. The summed E-state index contributed by atoms with van der Waals surface area (Å²) in [6, 6.07) is 15.0. The second kappa shape index (κ2) is 17.4. The molecule has 0 aromatic heterocycles. The molecule has 2 aromatic rings. The van der Waals surface area contributed by atoms with Gasteiger partial charge in [-0.15, -0.1) is 0 Å². The Morgan fingerprint density at radius 3 is 2.13 bits per heavy atom. The molecule has 1 amide bonds. The molecule has 4 aliphatic rings. The van der Waals surface area contributed by atoms with Gasteiger partial charge >= 0.3 is 23.9 Å². The second-order valence-corrected chi connectivity index (χ2v) is 17.5. The molecule has 0 radical (unpaired) electrons. The summed E-state index contributed by atoms with van der Waals surface area (Å²) in [7, 11) is 0. The molecule has 2 saturated carbocycles. The number of Topliss-reactive ketones (excluding diaryl/α,β-unsaturated/α-hetero) is 1. The lowest BCUT2D eigenvalue weighted by Crippen LogP contribution is -2.82. The van der Waals surface area contributed by atoms with Crippen molar-refractivity contribution in [1.29, 1.82) is 0 Å². The largest absolute Gasteiger partial charge is 0.456 e. The van der Waals surface area contributed by atoms with Crippen molar-refractivity contribution in [3.05, 3.63) is 82.9 Å². The van der Waals surface area contributed by atoms with Crippen molar-refractivity contribution in [2.75, 3.05) is 6.61 Å². The van der Waals surface area contributed by atoms with Gasteiger partial charge in [-0.25, -0.2) is 9.59 Å². The number of hydrogen-bond donors (Lipinski definition) is 4. The number of carbonyl (C=O) groups excluding carboxylic acids is 6. The van der Waals surface area contributed by atoms with Crippen molar-refractivity contribution in [3.63, 3.8) is 0 Å². The molecule has 1 heterocycles. The highest BCUT2D eigenvalue weighted by Gasteiger charge is 2.78. The van der Waals surface area contributed by atoms with Gasteiger partial charge in [0, 0.05) is 38.5 Å². The van der Waals surface area contributed by atoms with Gasteiger partial charge in [0.05, 0.1) is 35.6 Å². The molecule has 3 fully saturated rings. The van der Waals surface area contributed by atoms with Gasteiger partial charge in [-0.1, -0.05) is 82.1 Å². The van der Waals surface area contributed by atoms with Crippen LogP contribution >= 0.6 is 0 Å². The summed E-state index contributed by atoms with van der Waals surface area (Å²) in [5, 5.41) is 40.2. The number of benzene rings is 2. The number of amides is 1. The number of unbranched alkanes of at least 4 members (excludes halogenated alkanes) is 2. The molecule has 6 rings (SSSR count). The van der Waals surface area contributed by atoms with Gasteiger partial charge in [0.2, 0.25) is 5.91 Å². The summed E-state index contributed by atoms with van der Waals surface area (Å²) < 4.78 is 30.3. The van der Waals surface area contributed by atoms with Gasteiger partial charge in [0.1, 0.15) is 23.9 Å². The van der Waals surface area contributed by atoms with Crippen LogP contribution in [0.15, 0.2) is 71.8 Å². The first-order valence-electron chi connectivity index (χ1n) is 20.9. The minimum Gasteiger partial charge on any atom is -0.456 e. The number of ketones is 1.